The third-order valence-corrected chi connectivity index (χ3v) is 4.86. The monoisotopic (exact) mass is 359 g/mol. The molecule has 1 N–H and O–H groups in total. The van der Waals surface area contributed by atoms with E-state index in [9.17, 15) is 5.11 Å². The fraction of sp³-hybridized carbons (Fsp3) is 0.545. The number of likely N-dealkylation sites (N-methyl/N-ethyl adjacent to an activating group) is 1. The summed E-state index contributed by atoms with van der Waals surface area (Å²) in [6.45, 7) is 10.9. The zero-order valence-corrected chi connectivity index (χ0v) is 16.8. The van der Waals surface area contributed by atoms with Gasteiger partial charge in [0.15, 0.2) is 11.5 Å². The fourth-order valence-electron chi connectivity index (χ4n) is 3.49. The SMILES string of the molecule is C/C=C\C(=C/C)CN(CC)Cc1ccc(OC)c2c1CC(CC(C)O)O2. The van der Waals surface area contributed by atoms with Crippen molar-refractivity contribution in [3.05, 3.63) is 47.1 Å². The van der Waals surface area contributed by atoms with E-state index < -0.39 is 0 Å². The van der Waals surface area contributed by atoms with Gasteiger partial charge in [-0.15, -0.1) is 0 Å². The van der Waals surface area contributed by atoms with Crippen LogP contribution >= 0.6 is 0 Å². The summed E-state index contributed by atoms with van der Waals surface area (Å²) < 4.78 is 11.6. The first-order chi connectivity index (χ1) is 12.5. The largest absolute Gasteiger partial charge is 0.493 e. The summed E-state index contributed by atoms with van der Waals surface area (Å²) in [5.74, 6) is 1.63. The van der Waals surface area contributed by atoms with Gasteiger partial charge in [0.05, 0.1) is 13.2 Å². The molecule has 2 atom stereocenters. The van der Waals surface area contributed by atoms with Crippen molar-refractivity contribution in [1.29, 1.82) is 0 Å². The van der Waals surface area contributed by atoms with E-state index >= 15 is 0 Å². The first-order valence-electron chi connectivity index (χ1n) is 9.56. The van der Waals surface area contributed by atoms with Crippen molar-refractivity contribution < 1.29 is 14.6 Å². The van der Waals surface area contributed by atoms with E-state index in [-0.39, 0.29) is 12.2 Å². The maximum atomic E-state index is 9.72. The lowest BCUT2D eigenvalue weighted by Crippen LogP contribution is -2.25. The third-order valence-electron chi connectivity index (χ3n) is 4.86. The molecule has 0 amide bonds. The molecule has 1 aromatic rings. The number of aliphatic hydroxyl groups excluding tert-OH is 1. The number of methoxy groups -OCH3 is 1. The molecule has 1 aliphatic heterocycles. The van der Waals surface area contributed by atoms with Crippen molar-refractivity contribution in [2.45, 2.75) is 59.3 Å². The number of fused-ring (bicyclic) bond motifs is 1. The summed E-state index contributed by atoms with van der Waals surface area (Å²) in [5.41, 5.74) is 3.83. The predicted octanol–water partition coefficient (Wildman–Crippen LogP) is 4.11. The second kappa shape index (κ2) is 9.79. The number of hydrogen-bond acceptors (Lipinski definition) is 4. The summed E-state index contributed by atoms with van der Waals surface area (Å²) in [6.07, 6.45) is 7.54. The van der Waals surface area contributed by atoms with Crippen molar-refractivity contribution in [3.63, 3.8) is 0 Å². The van der Waals surface area contributed by atoms with Crippen LogP contribution in [0.5, 0.6) is 11.5 Å². The van der Waals surface area contributed by atoms with E-state index in [1.165, 1.54) is 16.7 Å². The molecule has 0 radical (unpaired) electrons. The highest BCUT2D eigenvalue weighted by molar-refractivity contribution is 5.53. The van der Waals surface area contributed by atoms with Gasteiger partial charge in [-0.25, -0.2) is 0 Å². The molecule has 0 fully saturated rings. The minimum absolute atomic E-state index is 0.0178. The lowest BCUT2D eigenvalue weighted by atomic mass is 9.99. The smallest absolute Gasteiger partial charge is 0.165 e. The highest BCUT2D eigenvalue weighted by Crippen LogP contribution is 2.41. The Labute approximate surface area is 158 Å². The van der Waals surface area contributed by atoms with Crippen molar-refractivity contribution in [2.75, 3.05) is 20.2 Å². The quantitative estimate of drug-likeness (QED) is 0.674. The highest BCUT2D eigenvalue weighted by Gasteiger charge is 2.29. The molecule has 144 valence electrons. The first kappa shape index (κ1) is 20.5. The number of ether oxygens (including phenoxy) is 2. The molecule has 1 heterocycles. The molecule has 0 saturated heterocycles. The van der Waals surface area contributed by atoms with Crippen LogP contribution < -0.4 is 9.47 Å². The maximum Gasteiger partial charge on any atom is 0.165 e. The molecule has 0 aliphatic carbocycles. The van der Waals surface area contributed by atoms with E-state index in [0.717, 1.165) is 37.6 Å². The molecule has 0 bridgehead atoms. The summed E-state index contributed by atoms with van der Waals surface area (Å²) in [5, 5.41) is 9.72. The van der Waals surface area contributed by atoms with Crippen LogP contribution in [0.1, 0.15) is 45.2 Å². The summed E-state index contributed by atoms with van der Waals surface area (Å²) >= 11 is 0. The standard InChI is InChI=1S/C22H33NO3/c1-6-9-17(7-2)14-23(8-3)15-18-10-11-21(25-5)22-20(18)13-19(26-22)12-16(4)24/h6-7,9-11,16,19,24H,8,12-15H2,1-5H3/b9-6-,17-7+. The number of benzene rings is 1. The van der Waals surface area contributed by atoms with Gasteiger partial charge in [0, 0.05) is 31.5 Å². The molecule has 2 rings (SSSR count). The average molecular weight is 360 g/mol. The predicted molar refractivity (Wildman–Crippen MR) is 107 cm³/mol. The van der Waals surface area contributed by atoms with Gasteiger partial charge in [-0.2, -0.15) is 0 Å². The Bertz CT molecular complexity index is 649. The summed E-state index contributed by atoms with van der Waals surface area (Å²) in [6, 6.07) is 4.15. The van der Waals surface area contributed by atoms with Gasteiger partial charge in [-0.3, -0.25) is 4.90 Å². The molecular formula is C22H33NO3. The van der Waals surface area contributed by atoms with Gasteiger partial charge in [0.2, 0.25) is 0 Å². The van der Waals surface area contributed by atoms with Gasteiger partial charge >= 0.3 is 0 Å². The minimum Gasteiger partial charge on any atom is -0.493 e. The molecular weight excluding hydrogens is 326 g/mol. The maximum absolute atomic E-state index is 9.72. The number of allylic oxidation sites excluding steroid dienone is 2. The normalized spacial score (nSPS) is 18.3. The number of aliphatic hydroxyl groups is 1. The van der Waals surface area contributed by atoms with Gasteiger partial charge < -0.3 is 14.6 Å². The van der Waals surface area contributed by atoms with Crippen molar-refractivity contribution >= 4 is 0 Å². The van der Waals surface area contributed by atoms with E-state index in [4.69, 9.17) is 9.47 Å². The Morgan fingerprint density at radius 3 is 2.77 bits per heavy atom. The zero-order valence-electron chi connectivity index (χ0n) is 16.8. The summed E-state index contributed by atoms with van der Waals surface area (Å²) in [4.78, 5) is 2.43. The Kier molecular flexibility index (Phi) is 7.73. The van der Waals surface area contributed by atoms with E-state index in [1.807, 2.05) is 13.0 Å². The highest BCUT2D eigenvalue weighted by atomic mass is 16.5. The Morgan fingerprint density at radius 1 is 1.42 bits per heavy atom. The van der Waals surface area contributed by atoms with Crippen LogP contribution in [-0.2, 0) is 13.0 Å². The lowest BCUT2D eigenvalue weighted by molar-refractivity contribution is 0.116. The first-order valence-corrected chi connectivity index (χ1v) is 9.56. The van der Waals surface area contributed by atoms with Gasteiger partial charge in [-0.05, 0) is 44.5 Å². The van der Waals surface area contributed by atoms with E-state index in [2.05, 4.69) is 50.0 Å². The molecule has 2 unspecified atom stereocenters. The Hall–Kier alpha value is -1.78. The van der Waals surface area contributed by atoms with Gasteiger partial charge in [-0.1, -0.05) is 31.2 Å². The molecule has 1 aliphatic rings. The van der Waals surface area contributed by atoms with Crippen LogP contribution in [0.3, 0.4) is 0 Å². The zero-order chi connectivity index (χ0) is 19.1. The molecule has 0 spiro atoms. The van der Waals surface area contributed by atoms with Crippen molar-refractivity contribution in [2.24, 2.45) is 0 Å². The van der Waals surface area contributed by atoms with Crippen LogP contribution in [0.25, 0.3) is 0 Å². The third kappa shape index (κ3) is 5.12. The number of nitrogens with zero attached hydrogens (tertiary/aromatic N) is 1. The number of hydrogen-bond donors (Lipinski definition) is 1. The second-order valence-corrected chi connectivity index (χ2v) is 6.93. The van der Waals surface area contributed by atoms with Gasteiger partial charge in [0.1, 0.15) is 6.10 Å². The minimum atomic E-state index is -0.367. The summed E-state index contributed by atoms with van der Waals surface area (Å²) in [7, 11) is 1.67. The van der Waals surface area contributed by atoms with Crippen LogP contribution in [0.2, 0.25) is 0 Å². The lowest BCUT2D eigenvalue weighted by Gasteiger charge is -2.22. The van der Waals surface area contributed by atoms with Crippen LogP contribution in [-0.4, -0.2) is 42.4 Å². The van der Waals surface area contributed by atoms with Crippen molar-refractivity contribution in [3.8, 4) is 11.5 Å². The molecule has 0 aromatic heterocycles. The molecule has 1 aromatic carbocycles. The topological polar surface area (TPSA) is 41.9 Å². The van der Waals surface area contributed by atoms with Gasteiger partial charge in [0.25, 0.3) is 0 Å². The van der Waals surface area contributed by atoms with Crippen LogP contribution in [0, 0.1) is 0 Å². The molecule has 0 saturated carbocycles. The van der Waals surface area contributed by atoms with Crippen LogP contribution in [0.4, 0.5) is 0 Å². The van der Waals surface area contributed by atoms with E-state index in [0.29, 0.717) is 6.42 Å². The fourth-order valence-corrected chi connectivity index (χ4v) is 3.49. The molecule has 4 nitrogen and oxygen atoms in total. The average Bonchev–Trinajstić information content (AvgIpc) is 3.03. The van der Waals surface area contributed by atoms with Crippen molar-refractivity contribution in [1.82, 2.24) is 4.90 Å². The Balaban J connectivity index is 2.21. The molecule has 26 heavy (non-hydrogen) atoms. The second-order valence-electron chi connectivity index (χ2n) is 6.93. The Morgan fingerprint density at radius 2 is 2.19 bits per heavy atom. The number of rotatable bonds is 9. The van der Waals surface area contributed by atoms with E-state index in [1.54, 1.807) is 7.11 Å². The van der Waals surface area contributed by atoms with Crippen LogP contribution in [0.15, 0.2) is 35.9 Å². The molecule has 4 heteroatoms.